The predicted octanol–water partition coefficient (Wildman–Crippen LogP) is 0.266. The molecule has 0 aromatic carbocycles. The zero-order chi connectivity index (χ0) is 12.0. The van der Waals surface area contributed by atoms with E-state index in [2.05, 4.69) is 10.3 Å². The second kappa shape index (κ2) is 6.07. The lowest BCUT2D eigenvalue weighted by Gasteiger charge is -2.15. The van der Waals surface area contributed by atoms with Gasteiger partial charge >= 0.3 is 0 Å². The number of hydrogen-bond acceptors (Lipinski definition) is 3. The number of carbonyl (C=O) groups is 1. The van der Waals surface area contributed by atoms with Crippen LogP contribution in [0, 0.1) is 0 Å². The lowest BCUT2D eigenvalue weighted by atomic mass is 10.1. The first-order valence-corrected chi connectivity index (χ1v) is 5.27. The smallest absolute Gasteiger partial charge is 0.251 e. The van der Waals surface area contributed by atoms with Gasteiger partial charge in [-0.15, -0.1) is 0 Å². The van der Waals surface area contributed by atoms with Gasteiger partial charge in [0.2, 0.25) is 5.56 Å². The van der Waals surface area contributed by atoms with Crippen LogP contribution in [0.4, 0.5) is 0 Å². The minimum Gasteiger partial charge on any atom is -0.396 e. The van der Waals surface area contributed by atoms with Crippen LogP contribution in [0.15, 0.2) is 23.1 Å². The van der Waals surface area contributed by atoms with Crippen molar-refractivity contribution in [2.75, 3.05) is 6.61 Å². The van der Waals surface area contributed by atoms with Crippen molar-refractivity contribution < 1.29 is 9.90 Å². The van der Waals surface area contributed by atoms with Crippen molar-refractivity contribution in [3.05, 3.63) is 34.2 Å². The summed E-state index contributed by atoms with van der Waals surface area (Å²) in [5.74, 6) is -0.286. The minimum atomic E-state index is -0.303. The Morgan fingerprint density at radius 3 is 2.94 bits per heavy atom. The number of hydrogen-bond donors (Lipinski definition) is 3. The van der Waals surface area contributed by atoms with Gasteiger partial charge in [-0.25, -0.2) is 0 Å². The summed E-state index contributed by atoms with van der Waals surface area (Å²) in [6, 6.07) is 2.74. The SMILES string of the molecule is CCC(CCO)NC(=O)c1cc[nH]c(=O)c1. The Balaban J connectivity index is 2.67. The summed E-state index contributed by atoms with van der Waals surface area (Å²) in [5.41, 5.74) is 0.0306. The maximum absolute atomic E-state index is 11.7. The highest BCUT2D eigenvalue weighted by Gasteiger charge is 2.11. The molecular weight excluding hydrogens is 208 g/mol. The van der Waals surface area contributed by atoms with Crippen molar-refractivity contribution in [2.24, 2.45) is 0 Å². The van der Waals surface area contributed by atoms with Crippen LogP contribution in [0.2, 0.25) is 0 Å². The number of aromatic amines is 1. The quantitative estimate of drug-likeness (QED) is 0.671. The van der Waals surface area contributed by atoms with Gasteiger partial charge in [0.1, 0.15) is 0 Å². The van der Waals surface area contributed by atoms with E-state index in [1.54, 1.807) is 6.07 Å². The van der Waals surface area contributed by atoms with Crippen LogP contribution >= 0.6 is 0 Å². The van der Waals surface area contributed by atoms with Gasteiger partial charge < -0.3 is 15.4 Å². The molecule has 0 aliphatic heterocycles. The Morgan fingerprint density at radius 1 is 1.62 bits per heavy atom. The van der Waals surface area contributed by atoms with Crippen molar-refractivity contribution in [3.63, 3.8) is 0 Å². The molecule has 88 valence electrons. The van der Waals surface area contributed by atoms with E-state index in [9.17, 15) is 9.59 Å². The Labute approximate surface area is 93.5 Å². The van der Waals surface area contributed by atoms with Gasteiger partial charge in [-0.1, -0.05) is 6.92 Å². The highest BCUT2D eigenvalue weighted by atomic mass is 16.3. The van der Waals surface area contributed by atoms with Crippen LogP contribution in [-0.4, -0.2) is 28.6 Å². The Hall–Kier alpha value is -1.62. The van der Waals surface area contributed by atoms with E-state index in [-0.39, 0.29) is 24.1 Å². The third-order valence-electron chi connectivity index (χ3n) is 2.34. The second-order valence-electron chi connectivity index (χ2n) is 3.53. The van der Waals surface area contributed by atoms with Crippen molar-refractivity contribution in [3.8, 4) is 0 Å². The van der Waals surface area contributed by atoms with Crippen LogP contribution in [0.25, 0.3) is 0 Å². The molecule has 1 atom stereocenters. The first-order chi connectivity index (χ1) is 7.67. The summed E-state index contributed by atoms with van der Waals surface area (Å²) in [6.45, 7) is 1.96. The summed E-state index contributed by atoms with van der Waals surface area (Å²) in [4.78, 5) is 25.1. The number of nitrogens with one attached hydrogen (secondary N) is 2. The van der Waals surface area contributed by atoms with Gasteiger partial charge in [-0.2, -0.15) is 0 Å². The standard InChI is InChI=1S/C11H16N2O3/c1-2-9(4-6-14)13-11(16)8-3-5-12-10(15)7-8/h3,5,7,9,14H,2,4,6H2,1H3,(H,12,15)(H,13,16). The zero-order valence-electron chi connectivity index (χ0n) is 9.19. The van der Waals surface area contributed by atoms with Crippen LogP contribution in [0.1, 0.15) is 30.1 Å². The van der Waals surface area contributed by atoms with Crippen molar-refractivity contribution in [2.45, 2.75) is 25.8 Å². The maximum atomic E-state index is 11.7. The first kappa shape index (κ1) is 12.4. The largest absolute Gasteiger partial charge is 0.396 e. The second-order valence-corrected chi connectivity index (χ2v) is 3.53. The van der Waals surface area contributed by atoms with Gasteiger partial charge in [0.05, 0.1) is 0 Å². The molecular formula is C11H16N2O3. The molecule has 1 aromatic heterocycles. The lowest BCUT2D eigenvalue weighted by Crippen LogP contribution is -2.35. The summed E-state index contributed by atoms with van der Waals surface area (Å²) < 4.78 is 0. The summed E-state index contributed by atoms with van der Waals surface area (Å²) in [5, 5.41) is 11.5. The fraction of sp³-hybridized carbons (Fsp3) is 0.455. The molecule has 1 rings (SSSR count). The molecule has 0 spiro atoms. The number of rotatable bonds is 5. The minimum absolute atomic E-state index is 0.0359. The number of aliphatic hydroxyl groups is 1. The van der Waals surface area contributed by atoms with Gasteiger partial charge in [0, 0.05) is 30.5 Å². The third-order valence-corrected chi connectivity index (χ3v) is 2.34. The normalized spacial score (nSPS) is 12.1. The maximum Gasteiger partial charge on any atom is 0.251 e. The van der Waals surface area contributed by atoms with Crippen LogP contribution in [0.3, 0.4) is 0 Å². The highest BCUT2D eigenvalue weighted by molar-refractivity contribution is 5.94. The van der Waals surface area contributed by atoms with E-state index in [0.717, 1.165) is 6.42 Å². The molecule has 0 radical (unpaired) electrons. The van der Waals surface area contributed by atoms with Crippen LogP contribution in [0.5, 0.6) is 0 Å². The van der Waals surface area contributed by atoms with Crippen LogP contribution < -0.4 is 10.9 Å². The molecule has 1 aromatic rings. The van der Waals surface area contributed by atoms with E-state index in [4.69, 9.17) is 5.11 Å². The average Bonchev–Trinajstić information content (AvgIpc) is 2.28. The van der Waals surface area contributed by atoms with Gasteiger partial charge in [0.25, 0.3) is 5.91 Å². The van der Waals surface area contributed by atoms with Gasteiger partial charge in [-0.05, 0) is 18.9 Å². The molecule has 16 heavy (non-hydrogen) atoms. The predicted molar refractivity (Wildman–Crippen MR) is 60.3 cm³/mol. The van der Waals surface area contributed by atoms with E-state index in [1.165, 1.54) is 12.3 Å². The van der Waals surface area contributed by atoms with Crippen molar-refractivity contribution >= 4 is 5.91 Å². The van der Waals surface area contributed by atoms with Gasteiger partial charge in [0.15, 0.2) is 0 Å². The lowest BCUT2D eigenvalue weighted by molar-refractivity contribution is 0.0929. The summed E-state index contributed by atoms with van der Waals surface area (Å²) in [6.07, 6.45) is 2.70. The molecule has 1 unspecified atom stereocenters. The highest BCUT2D eigenvalue weighted by Crippen LogP contribution is 2.00. The van der Waals surface area contributed by atoms with Crippen molar-refractivity contribution in [1.82, 2.24) is 10.3 Å². The zero-order valence-corrected chi connectivity index (χ0v) is 9.19. The monoisotopic (exact) mass is 224 g/mol. The number of H-pyrrole nitrogens is 1. The average molecular weight is 224 g/mol. The Bertz CT molecular complexity index is 400. The molecule has 5 heteroatoms. The number of aliphatic hydroxyl groups excluding tert-OH is 1. The molecule has 0 fully saturated rings. The molecule has 0 saturated heterocycles. The van der Waals surface area contributed by atoms with Crippen molar-refractivity contribution in [1.29, 1.82) is 0 Å². The summed E-state index contributed by atoms with van der Waals surface area (Å²) in [7, 11) is 0. The third kappa shape index (κ3) is 3.51. The van der Waals surface area contributed by atoms with E-state index in [0.29, 0.717) is 12.0 Å². The van der Waals surface area contributed by atoms with E-state index >= 15 is 0 Å². The Morgan fingerprint density at radius 2 is 2.38 bits per heavy atom. The van der Waals surface area contributed by atoms with E-state index < -0.39 is 0 Å². The number of amides is 1. The first-order valence-electron chi connectivity index (χ1n) is 5.27. The molecule has 1 amide bonds. The molecule has 0 saturated carbocycles. The molecule has 0 bridgehead atoms. The molecule has 0 aliphatic carbocycles. The molecule has 3 N–H and O–H groups in total. The molecule has 1 heterocycles. The number of aromatic nitrogens is 1. The molecule has 5 nitrogen and oxygen atoms in total. The topological polar surface area (TPSA) is 82.2 Å². The summed E-state index contributed by atoms with van der Waals surface area (Å²) >= 11 is 0. The number of carbonyl (C=O) groups excluding carboxylic acids is 1. The fourth-order valence-corrected chi connectivity index (χ4v) is 1.39. The van der Waals surface area contributed by atoms with E-state index in [1.807, 2.05) is 6.92 Å². The van der Waals surface area contributed by atoms with Gasteiger partial charge in [-0.3, -0.25) is 9.59 Å². The Kier molecular flexibility index (Phi) is 4.72. The fourth-order valence-electron chi connectivity index (χ4n) is 1.39. The number of pyridine rings is 1. The van der Waals surface area contributed by atoms with Crippen LogP contribution in [-0.2, 0) is 0 Å². The molecule has 0 aliphatic rings.